The Morgan fingerprint density at radius 3 is 2.40 bits per heavy atom. The van der Waals surface area contributed by atoms with Gasteiger partial charge in [-0.2, -0.15) is 0 Å². The normalized spacial score (nSPS) is 31.5. The monoisotopic (exact) mass is 570 g/mol. The van der Waals surface area contributed by atoms with Crippen LogP contribution >= 0.6 is 0 Å². The van der Waals surface area contributed by atoms with E-state index >= 15 is 0 Å². The number of fused-ring (bicyclic) bond motifs is 3. The predicted octanol–water partition coefficient (Wildman–Crippen LogP) is 6.79. The first-order chi connectivity index (χ1) is 20.1. The number of amides is 2. The molecule has 0 spiro atoms. The van der Waals surface area contributed by atoms with Crippen LogP contribution in [0.2, 0.25) is 0 Å². The van der Waals surface area contributed by atoms with Gasteiger partial charge in [0.2, 0.25) is 5.79 Å². The molecule has 0 saturated carbocycles. The molecule has 7 nitrogen and oxygen atoms in total. The molecular weight excluding hydrogens is 528 g/mol. The standard InChI is InChI=1S/C35H42N2O5/c1-23(2)27-17-16-24(3)28-21-31(41-33(39)37-26-14-10-7-11-15-26)34(4)18-19-35(40-5,42-34)30(20-29(27)28)32(38)36-22-25-12-8-6-9-13-25/h6-16,18-20,23,27-29,31H,17,21-22H2,1-5H3,(H,36,38)(H,37,39)/b30-20-/t27-,28+,29-,31+,34+,35-/m1/s1. The van der Waals surface area contributed by atoms with E-state index in [1.165, 1.54) is 5.57 Å². The molecule has 0 saturated heterocycles. The highest BCUT2D eigenvalue weighted by Crippen LogP contribution is 2.49. The average Bonchev–Trinajstić information content (AvgIpc) is 3.36. The van der Waals surface area contributed by atoms with Crippen LogP contribution < -0.4 is 10.6 Å². The third-order valence-corrected chi connectivity index (χ3v) is 9.07. The molecule has 0 radical (unpaired) electrons. The molecule has 2 aromatic rings. The Hall–Kier alpha value is -3.68. The van der Waals surface area contributed by atoms with Gasteiger partial charge in [0, 0.05) is 19.3 Å². The molecule has 2 amide bonds. The van der Waals surface area contributed by atoms with Crippen molar-refractivity contribution < 1.29 is 23.8 Å². The van der Waals surface area contributed by atoms with Crippen LogP contribution in [0.5, 0.6) is 0 Å². The van der Waals surface area contributed by atoms with E-state index in [4.69, 9.17) is 14.2 Å². The van der Waals surface area contributed by atoms with Gasteiger partial charge in [-0.25, -0.2) is 4.79 Å². The molecule has 2 aliphatic heterocycles. The summed E-state index contributed by atoms with van der Waals surface area (Å²) in [5.41, 5.74) is 2.26. The third kappa shape index (κ3) is 6.08. The van der Waals surface area contributed by atoms with Crippen molar-refractivity contribution in [2.45, 2.75) is 64.6 Å². The zero-order chi connectivity index (χ0) is 29.9. The number of anilines is 1. The van der Waals surface area contributed by atoms with Crippen LogP contribution in [-0.4, -0.2) is 36.6 Å². The van der Waals surface area contributed by atoms with Crippen molar-refractivity contribution in [2.24, 2.45) is 23.7 Å². The van der Waals surface area contributed by atoms with Crippen molar-refractivity contribution in [2.75, 3.05) is 12.4 Å². The Balaban J connectivity index is 1.53. The van der Waals surface area contributed by atoms with Crippen molar-refractivity contribution in [3.8, 4) is 0 Å². The summed E-state index contributed by atoms with van der Waals surface area (Å²) < 4.78 is 18.9. The highest BCUT2D eigenvalue weighted by Gasteiger charge is 2.54. The molecule has 0 unspecified atom stereocenters. The molecule has 6 atom stereocenters. The summed E-state index contributed by atoms with van der Waals surface area (Å²) in [6, 6.07) is 19.1. The van der Waals surface area contributed by atoms with E-state index in [0.717, 1.165) is 12.0 Å². The van der Waals surface area contributed by atoms with Gasteiger partial charge in [-0.15, -0.1) is 0 Å². The lowest BCUT2D eigenvalue weighted by Crippen LogP contribution is -2.49. The highest BCUT2D eigenvalue weighted by atomic mass is 16.7. The third-order valence-electron chi connectivity index (χ3n) is 9.07. The maximum Gasteiger partial charge on any atom is 0.412 e. The summed E-state index contributed by atoms with van der Waals surface area (Å²) in [5, 5.41) is 5.95. The van der Waals surface area contributed by atoms with Crippen LogP contribution in [0.15, 0.2) is 96.1 Å². The summed E-state index contributed by atoms with van der Waals surface area (Å²) in [7, 11) is 1.55. The van der Waals surface area contributed by atoms with Crippen LogP contribution in [0.25, 0.3) is 0 Å². The lowest BCUT2D eigenvalue weighted by Gasteiger charge is -2.41. The summed E-state index contributed by atoms with van der Waals surface area (Å²) >= 11 is 0. The second-order valence-corrected chi connectivity index (χ2v) is 12.1. The van der Waals surface area contributed by atoms with Crippen molar-refractivity contribution in [3.05, 3.63) is 102 Å². The van der Waals surface area contributed by atoms with Crippen LogP contribution in [0.4, 0.5) is 10.5 Å². The number of para-hydroxylation sites is 1. The molecule has 0 fully saturated rings. The Bertz CT molecular complexity index is 1370. The van der Waals surface area contributed by atoms with Crippen molar-refractivity contribution in [1.29, 1.82) is 0 Å². The molecule has 0 aromatic heterocycles. The lowest BCUT2D eigenvalue weighted by molar-refractivity contribution is -0.219. The molecular formula is C35H42N2O5. The largest absolute Gasteiger partial charge is 0.443 e. The predicted molar refractivity (Wildman–Crippen MR) is 163 cm³/mol. The number of carbonyl (C=O) groups is 2. The van der Waals surface area contributed by atoms with Gasteiger partial charge in [0.05, 0.1) is 5.57 Å². The number of hydrogen-bond donors (Lipinski definition) is 2. The van der Waals surface area contributed by atoms with Gasteiger partial charge in [0.15, 0.2) is 0 Å². The zero-order valence-electron chi connectivity index (χ0n) is 25.1. The molecule has 3 aliphatic rings. The van der Waals surface area contributed by atoms with Crippen molar-refractivity contribution in [3.63, 3.8) is 0 Å². The quantitative estimate of drug-likeness (QED) is 0.358. The first-order valence-electron chi connectivity index (χ1n) is 14.8. The molecule has 222 valence electrons. The van der Waals surface area contributed by atoms with E-state index in [-0.39, 0.29) is 23.7 Å². The highest BCUT2D eigenvalue weighted by molar-refractivity contribution is 5.96. The molecule has 7 heteroatoms. The second-order valence-electron chi connectivity index (χ2n) is 12.1. The SMILES string of the molecule is CO[C@]12C=C[C@](C)(O1)[C@@H](OC(=O)Nc1ccccc1)C[C@H]1C(C)=CC[C@H](C(C)C)[C@H]1/C=C\2C(=O)NCc1ccccc1. The van der Waals surface area contributed by atoms with Crippen LogP contribution in [0.3, 0.4) is 0 Å². The van der Waals surface area contributed by atoms with Gasteiger partial charge >= 0.3 is 6.09 Å². The van der Waals surface area contributed by atoms with Gasteiger partial charge in [-0.3, -0.25) is 10.1 Å². The Kier molecular flexibility index (Phi) is 8.71. The van der Waals surface area contributed by atoms with E-state index in [0.29, 0.717) is 30.1 Å². The number of nitrogens with one attached hydrogen (secondary N) is 2. The molecule has 1 aliphatic carbocycles. The number of carbonyl (C=O) groups excluding carboxylic acids is 2. The number of allylic oxidation sites excluding steroid dienone is 3. The molecule has 5 rings (SSSR count). The van der Waals surface area contributed by atoms with Crippen molar-refractivity contribution in [1.82, 2.24) is 5.32 Å². The van der Waals surface area contributed by atoms with E-state index in [2.05, 4.69) is 43.6 Å². The number of ether oxygens (including phenoxy) is 3. The number of rotatable bonds is 7. The van der Waals surface area contributed by atoms with Gasteiger partial charge in [-0.05, 0) is 80.2 Å². The van der Waals surface area contributed by atoms with Gasteiger partial charge in [0.1, 0.15) is 11.7 Å². The minimum Gasteiger partial charge on any atom is -0.443 e. The topological polar surface area (TPSA) is 85.9 Å². The molecule has 2 N–H and O–H groups in total. The average molecular weight is 571 g/mol. The van der Waals surface area contributed by atoms with Gasteiger partial charge < -0.3 is 19.5 Å². The Morgan fingerprint density at radius 2 is 1.74 bits per heavy atom. The smallest absolute Gasteiger partial charge is 0.412 e. The van der Waals surface area contributed by atoms with Crippen molar-refractivity contribution >= 4 is 17.7 Å². The summed E-state index contributed by atoms with van der Waals surface area (Å²) in [6.07, 6.45) is 8.30. The van der Waals surface area contributed by atoms with Crippen LogP contribution in [-0.2, 0) is 25.5 Å². The molecule has 2 bridgehead atoms. The minimum absolute atomic E-state index is 0.0164. The lowest BCUT2D eigenvalue weighted by atomic mass is 9.65. The number of benzene rings is 2. The molecule has 42 heavy (non-hydrogen) atoms. The Morgan fingerprint density at radius 1 is 1.05 bits per heavy atom. The fourth-order valence-electron chi connectivity index (χ4n) is 6.58. The zero-order valence-corrected chi connectivity index (χ0v) is 25.1. The fraction of sp³-hybridized carbons (Fsp3) is 0.429. The summed E-state index contributed by atoms with van der Waals surface area (Å²) in [6.45, 7) is 8.86. The van der Waals surface area contributed by atoms with Crippen LogP contribution in [0.1, 0.15) is 46.1 Å². The summed E-state index contributed by atoms with van der Waals surface area (Å²) in [5.74, 6) is -0.960. The van der Waals surface area contributed by atoms with E-state index < -0.39 is 23.6 Å². The minimum atomic E-state index is -1.43. The van der Waals surface area contributed by atoms with Gasteiger partial charge in [-0.1, -0.05) is 80.1 Å². The fourth-order valence-corrected chi connectivity index (χ4v) is 6.58. The Labute approximate surface area is 249 Å². The molecule has 2 aromatic carbocycles. The van der Waals surface area contributed by atoms with E-state index in [1.54, 1.807) is 13.2 Å². The van der Waals surface area contributed by atoms with E-state index in [1.807, 2.05) is 73.7 Å². The first-order valence-corrected chi connectivity index (χ1v) is 14.8. The maximum absolute atomic E-state index is 14.0. The second kappa shape index (κ2) is 12.3. The maximum atomic E-state index is 14.0. The van der Waals surface area contributed by atoms with Crippen LogP contribution in [0, 0.1) is 23.7 Å². The van der Waals surface area contributed by atoms with Gasteiger partial charge in [0.25, 0.3) is 5.91 Å². The van der Waals surface area contributed by atoms with E-state index in [9.17, 15) is 9.59 Å². The first kappa shape index (κ1) is 29.8. The molecule has 2 heterocycles. The summed E-state index contributed by atoms with van der Waals surface area (Å²) in [4.78, 5) is 27.2. The number of hydrogen-bond acceptors (Lipinski definition) is 5. The number of methoxy groups -OCH3 is 1.